The molecule has 0 aliphatic carbocycles. The second kappa shape index (κ2) is 10.6. The van der Waals surface area contributed by atoms with Crippen LogP contribution in [0.4, 0.5) is 0 Å². The van der Waals surface area contributed by atoms with E-state index in [0.717, 1.165) is 12.8 Å². The number of carbonyl (C=O) groups excluding carboxylic acids is 1. The van der Waals surface area contributed by atoms with Crippen LogP contribution in [0.3, 0.4) is 0 Å². The molecule has 4 heteroatoms. The Bertz CT molecular complexity index is 752. The first-order chi connectivity index (χ1) is 13.8. The molecular weight excluding hydrogens is 376 g/mol. The molecule has 0 fully saturated rings. The van der Waals surface area contributed by atoms with Crippen LogP contribution in [0, 0.1) is 0 Å². The van der Waals surface area contributed by atoms with E-state index in [1.165, 1.54) is 23.1 Å². The number of unbranched alkanes of at least 4 members (excludes halogenated alkanes) is 1. The maximum atomic E-state index is 11.3. The Kier molecular flexibility index (Phi) is 8.41. The Morgan fingerprint density at radius 1 is 0.966 bits per heavy atom. The summed E-state index contributed by atoms with van der Waals surface area (Å²) >= 11 is 0. The molecule has 0 heterocycles. The van der Waals surface area contributed by atoms with Crippen molar-refractivity contribution < 1.29 is 14.0 Å². The summed E-state index contributed by atoms with van der Waals surface area (Å²) in [7, 11) is -1.07. The molecule has 0 bridgehead atoms. The lowest BCUT2D eigenvalue weighted by molar-refractivity contribution is -0.140. The lowest BCUT2D eigenvalue weighted by Crippen LogP contribution is -2.66. The van der Waals surface area contributed by atoms with Crippen molar-refractivity contribution in [3.05, 3.63) is 72.3 Å². The molecule has 0 aliphatic rings. The lowest BCUT2D eigenvalue weighted by Gasteiger charge is -2.43. The van der Waals surface area contributed by atoms with Gasteiger partial charge in [-0.3, -0.25) is 4.79 Å². The maximum Gasteiger partial charge on any atom is 0.305 e. The molecule has 2 rings (SSSR count). The van der Waals surface area contributed by atoms with Crippen LogP contribution in [-0.4, -0.2) is 28.0 Å². The minimum Gasteiger partial charge on any atom is -0.469 e. The molecule has 0 aliphatic heterocycles. The van der Waals surface area contributed by atoms with Crippen molar-refractivity contribution in [1.82, 2.24) is 0 Å². The zero-order valence-corrected chi connectivity index (χ0v) is 19.4. The highest BCUT2D eigenvalue weighted by atomic mass is 28.4. The smallest absolute Gasteiger partial charge is 0.305 e. The van der Waals surface area contributed by atoms with Gasteiger partial charge in [-0.2, -0.15) is 0 Å². The van der Waals surface area contributed by atoms with E-state index in [-0.39, 0.29) is 11.0 Å². The van der Waals surface area contributed by atoms with Crippen LogP contribution in [0.2, 0.25) is 5.04 Å². The summed E-state index contributed by atoms with van der Waals surface area (Å²) in [5.74, 6) is -0.153. The van der Waals surface area contributed by atoms with Gasteiger partial charge in [-0.25, -0.2) is 0 Å². The molecule has 0 radical (unpaired) electrons. The fourth-order valence-electron chi connectivity index (χ4n) is 3.74. The standard InChI is InChI=1S/C25H34O3Si/c1-21(14-12-13-19-24(26)27-5)20-28-29(25(2,3)4,22-15-8-6-9-16-22)23-17-10-7-11-18-23/h6-11,14-18H,12-13,19-20H2,1-5H3/b21-14+. The van der Waals surface area contributed by atoms with E-state index in [1.807, 2.05) is 0 Å². The van der Waals surface area contributed by atoms with Crippen LogP contribution in [-0.2, 0) is 14.0 Å². The average Bonchev–Trinajstić information content (AvgIpc) is 2.72. The van der Waals surface area contributed by atoms with Crippen LogP contribution >= 0.6 is 0 Å². The highest BCUT2D eigenvalue weighted by Crippen LogP contribution is 2.36. The molecule has 29 heavy (non-hydrogen) atoms. The van der Waals surface area contributed by atoms with E-state index >= 15 is 0 Å². The van der Waals surface area contributed by atoms with Crippen LogP contribution in [0.1, 0.15) is 47.0 Å². The number of hydrogen-bond acceptors (Lipinski definition) is 3. The molecule has 0 amide bonds. The van der Waals surface area contributed by atoms with Crippen molar-refractivity contribution in [2.45, 2.75) is 52.0 Å². The van der Waals surface area contributed by atoms with Gasteiger partial charge in [0.1, 0.15) is 0 Å². The zero-order valence-electron chi connectivity index (χ0n) is 18.4. The third-order valence-electron chi connectivity index (χ3n) is 5.24. The van der Waals surface area contributed by atoms with Crippen molar-refractivity contribution in [2.24, 2.45) is 0 Å². The van der Waals surface area contributed by atoms with Crippen molar-refractivity contribution in [1.29, 1.82) is 0 Å². The predicted molar refractivity (Wildman–Crippen MR) is 123 cm³/mol. The number of hydrogen-bond donors (Lipinski definition) is 0. The minimum absolute atomic E-state index is 0.0269. The molecule has 0 N–H and O–H groups in total. The predicted octanol–water partition coefficient (Wildman–Crippen LogP) is 4.85. The Balaban J connectivity index is 2.28. The van der Waals surface area contributed by atoms with Crippen molar-refractivity contribution in [3.63, 3.8) is 0 Å². The van der Waals surface area contributed by atoms with Crippen molar-refractivity contribution >= 4 is 24.7 Å². The first-order valence-electron chi connectivity index (χ1n) is 10.3. The summed E-state index contributed by atoms with van der Waals surface area (Å²) in [4.78, 5) is 11.3. The van der Waals surface area contributed by atoms with Gasteiger partial charge in [0.25, 0.3) is 8.32 Å². The topological polar surface area (TPSA) is 35.5 Å². The fourth-order valence-corrected chi connectivity index (χ4v) is 8.34. The average molecular weight is 411 g/mol. The molecule has 3 nitrogen and oxygen atoms in total. The molecule has 2 aromatic carbocycles. The van der Waals surface area contributed by atoms with Crippen LogP contribution in [0.25, 0.3) is 0 Å². The normalized spacial score (nSPS) is 12.7. The third-order valence-corrected chi connectivity index (χ3v) is 10.2. The van der Waals surface area contributed by atoms with E-state index in [4.69, 9.17) is 9.16 Å². The molecule has 156 valence electrons. The van der Waals surface area contributed by atoms with Crippen LogP contribution in [0.15, 0.2) is 72.3 Å². The number of benzene rings is 2. The van der Waals surface area contributed by atoms with Gasteiger partial charge in [0.15, 0.2) is 0 Å². The summed E-state index contributed by atoms with van der Waals surface area (Å²) in [5.41, 5.74) is 1.20. The van der Waals surface area contributed by atoms with Gasteiger partial charge in [-0.1, -0.05) is 93.1 Å². The van der Waals surface area contributed by atoms with E-state index < -0.39 is 8.32 Å². The summed E-state index contributed by atoms with van der Waals surface area (Å²) in [6, 6.07) is 21.4. The first-order valence-corrected chi connectivity index (χ1v) is 12.2. The summed E-state index contributed by atoms with van der Waals surface area (Å²) in [5, 5.41) is 2.55. The molecule has 0 spiro atoms. The van der Waals surface area contributed by atoms with Gasteiger partial charge in [0.2, 0.25) is 0 Å². The molecule has 0 aromatic heterocycles. The van der Waals surface area contributed by atoms with E-state index in [0.29, 0.717) is 13.0 Å². The number of esters is 1. The fraction of sp³-hybridized carbons (Fsp3) is 0.400. The van der Waals surface area contributed by atoms with E-state index in [1.54, 1.807) is 0 Å². The SMILES string of the molecule is COC(=O)CCC/C=C(\C)CO[Si](c1ccccc1)(c1ccccc1)C(C)(C)C. The molecule has 0 saturated carbocycles. The summed E-state index contributed by atoms with van der Waals surface area (Å²) in [6.07, 6.45) is 4.28. The quantitative estimate of drug-likeness (QED) is 0.256. The highest BCUT2D eigenvalue weighted by molar-refractivity contribution is 6.99. The van der Waals surface area contributed by atoms with Gasteiger partial charge in [-0.05, 0) is 35.2 Å². The number of rotatable bonds is 9. The van der Waals surface area contributed by atoms with Gasteiger partial charge < -0.3 is 9.16 Å². The molecular formula is C25H34O3Si. The highest BCUT2D eigenvalue weighted by Gasteiger charge is 2.50. The minimum atomic E-state index is -2.50. The largest absolute Gasteiger partial charge is 0.469 e. The van der Waals surface area contributed by atoms with Gasteiger partial charge >= 0.3 is 5.97 Å². The summed E-state index contributed by atoms with van der Waals surface area (Å²) < 4.78 is 11.6. The number of allylic oxidation sites excluding steroid dienone is 1. The molecule has 0 unspecified atom stereocenters. The molecule has 0 atom stereocenters. The second-order valence-corrected chi connectivity index (χ2v) is 12.8. The monoisotopic (exact) mass is 410 g/mol. The van der Waals surface area contributed by atoms with E-state index in [9.17, 15) is 4.79 Å². The third kappa shape index (κ3) is 5.91. The van der Waals surface area contributed by atoms with Crippen LogP contribution in [0.5, 0.6) is 0 Å². The number of methoxy groups -OCH3 is 1. The molecule has 0 saturated heterocycles. The van der Waals surface area contributed by atoms with Gasteiger partial charge in [0.05, 0.1) is 13.7 Å². The van der Waals surface area contributed by atoms with Crippen molar-refractivity contribution in [3.8, 4) is 0 Å². The zero-order chi connectivity index (χ0) is 21.3. The van der Waals surface area contributed by atoms with E-state index in [2.05, 4.69) is 94.4 Å². The van der Waals surface area contributed by atoms with Crippen molar-refractivity contribution in [2.75, 3.05) is 13.7 Å². The maximum absolute atomic E-state index is 11.3. The lowest BCUT2D eigenvalue weighted by atomic mass is 10.2. The second-order valence-electron chi connectivity index (χ2n) is 8.47. The Morgan fingerprint density at radius 3 is 1.93 bits per heavy atom. The number of ether oxygens (including phenoxy) is 1. The van der Waals surface area contributed by atoms with Gasteiger partial charge in [0, 0.05) is 6.42 Å². The first kappa shape index (κ1) is 23.1. The number of carbonyl (C=O) groups is 1. The Hall–Kier alpha value is -2.17. The van der Waals surface area contributed by atoms with Gasteiger partial charge in [-0.15, -0.1) is 0 Å². The Labute approximate surface area is 176 Å². The molecule has 2 aromatic rings. The van der Waals surface area contributed by atoms with Crippen LogP contribution < -0.4 is 10.4 Å². The summed E-state index contributed by atoms with van der Waals surface area (Å²) in [6.45, 7) is 9.55. The Morgan fingerprint density at radius 2 is 1.48 bits per heavy atom.